The number of hydrogen-bond donors (Lipinski definition) is 0. The summed E-state index contributed by atoms with van der Waals surface area (Å²) in [6.45, 7) is 4.15. The van der Waals surface area contributed by atoms with Gasteiger partial charge in [0.25, 0.3) is 11.8 Å². The molecule has 0 atom stereocenters. The van der Waals surface area contributed by atoms with Gasteiger partial charge in [0.15, 0.2) is 0 Å². The molecule has 24 heavy (non-hydrogen) atoms. The minimum absolute atomic E-state index is 0.0191. The maximum atomic E-state index is 12.5. The van der Waals surface area contributed by atoms with Gasteiger partial charge in [-0.1, -0.05) is 29.3 Å². The van der Waals surface area contributed by atoms with E-state index in [-0.39, 0.29) is 11.8 Å². The average Bonchev–Trinajstić information content (AvgIpc) is 2.61. The van der Waals surface area contributed by atoms with Crippen molar-refractivity contribution in [1.82, 2.24) is 9.80 Å². The fourth-order valence-electron chi connectivity index (χ4n) is 2.85. The molecular weight excluding hydrogens is 324 g/mol. The van der Waals surface area contributed by atoms with Crippen LogP contribution in [-0.4, -0.2) is 47.8 Å². The number of benzene rings is 2. The van der Waals surface area contributed by atoms with Crippen LogP contribution in [0.5, 0.6) is 0 Å². The summed E-state index contributed by atoms with van der Waals surface area (Å²) in [5, 5.41) is 0.611. The number of aryl methyl sites for hydroxylation is 1. The summed E-state index contributed by atoms with van der Waals surface area (Å²) in [6.07, 6.45) is 0. The van der Waals surface area contributed by atoms with E-state index in [1.807, 2.05) is 31.2 Å². The number of carbonyl (C=O) groups is 2. The van der Waals surface area contributed by atoms with Gasteiger partial charge in [0.05, 0.1) is 0 Å². The van der Waals surface area contributed by atoms with Crippen molar-refractivity contribution in [1.29, 1.82) is 0 Å². The van der Waals surface area contributed by atoms with E-state index < -0.39 is 0 Å². The minimum Gasteiger partial charge on any atom is -0.335 e. The second-order valence-corrected chi connectivity index (χ2v) is 6.40. The van der Waals surface area contributed by atoms with Crippen molar-refractivity contribution in [3.8, 4) is 0 Å². The molecule has 0 saturated carbocycles. The highest BCUT2D eigenvalue weighted by Crippen LogP contribution is 2.15. The Labute approximate surface area is 146 Å². The van der Waals surface area contributed by atoms with Crippen LogP contribution < -0.4 is 0 Å². The Morgan fingerprint density at radius 3 is 1.92 bits per heavy atom. The monoisotopic (exact) mass is 342 g/mol. The molecule has 2 aromatic carbocycles. The van der Waals surface area contributed by atoms with Crippen molar-refractivity contribution >= 4 is 23.4 Å². The molecule has 0 unspecified atom stereocenters. The summed E-state index contributed by atoms with van der Waals surface area (Å²) in [5.74, 6) is 0.00612. The maximum absolute atomic E-state index is 12.5. The molecule has 0 aromatic heterocycles. The van der Waals surface area contributed by atoms with Crippen LogP contribution in [0.1, 0.15) is 26.3 Å². The lowest BCUT2D eigenvalue weighted by atomic mass is 10.1. The van der Waals surface area contributed by atoms with Crippen LogP contribution in [0.3, 0.4) is 0 Å². The molecule has 2 aromatic rings. The normalized spacial score (nSPS) is 14.6. The Morgan fingerprint density at radius 1 is 0.833 bits per heavy atom. The molecule has 1 heterocycles. The molecule has 4 nitrogen and oxygen atoms in total. The third-order valence-electron chi connectivity index (χ3n) is 4.21. The molecular formula is C19H19ClN2O2. The third kappa shape index (κ3) is 3.60. The number of halogens is 1. The van der Waals surface area contributed by atoms with E-state index in [1.165, 1.54) is 0 Å². The first kappa shape index (κ1) is 16.5. The van der Waals surface area contributed by atoms with Gasteiger partial charge >= 0.3 is 0 Å². The Bertz CT molecular complexity index is 750. The van der Waals surface area contributed by atoms with E-state index in [2.05, 4.69) is 0 Å². The molecule has 1 saturated heterocycles. The molecule has 3 rings (SSSR count). The average molecular weight is 343 g/mol. The van der Waals surface area contributed by atoms with Crippen molar-refractivity contribution < 1.29 is 9.59 Å². The standard InChI is InChI=1S/C19H19ClN2O2/c1-14-3-2-4-16(13-14)19(24)22-11-9-21(10-12-22)18(23)15-5-7-17(20)8-6-15/h2-8,13H,9-12H2,1H3. The largest absolute Gasteiger partial charge is 0.335 e. The summed E-state index contributed by atoms with van der Waals surface area (Å²) in [7, 11) is 0. The van der Waals surface area contributed by atoms with Crippen LogP contribution in [0.4, 0.5) is 0 Å². The molecule has 0 radical (unpaired) electrons. The van der Waals surface area contributed by atoms with E-state index in [1.54, 1.807) is 34.1 Å². The van der Waals surface area contributed by atoms with E-state index in [4.69, 9.17) is 11.6 Å². The predicted molar refractivity (Wildman–Crippen MR) is 94.4 cm³/mol. The highest BCUT2D eigenvalue weighted by atomic mass is 35.5. The third-order valence-corrected chi connectivity index (χ3v) is 4.46. The van der Waals surface area contributed by atoms with Gasteiger partial charge < -0.3 is 9.80 Å². The first-order valence-electron chi connectivity index (χ1n) is 7.95. The number of nitrogens with zero attached hydrogens (tertiary/aromatic N) is 2. The molecule has 1 fully saturated rings. The first-order chi connectivity index (χ1) is 11.5. The van der Waals surface area contributed by atoms with Gasteiger partial charge in [-0.15, -0.1) is 0 Å². The van der Waals surface area contributed by atoms with Crippen molar-refractivity contribution in [2.75, 3.05) is 26.2 Å². The fourth-order valence-corrected chi connectivity index (χ4v) is 2.97. The van der Waals surface area contributed by atoms with Crippen molar-refractivity contribution in [3.05, 3.63) is 70.2 Å². The van der Waals surface area contributed by atoms with Crippen LogP contribution in [0, 0.1) is 6.92 Å². The lowest BCUT2D eigenvalue weighted by molar-refractivity contribution is 0.0535. The SMILES string of the molecule is Cc1cccc(C(=O)N2CCN(C(=O)c3ccc(Cl)cc3)CC2)c1. The van der Waals surface area contributed by atoms with Gasteiger partial charge in [-0.2, -0.15) is 0 Å². The zero-order valence-electron chi connectivity index (χ0n) is 13.5. The topological polar surface area (TPSA) is 40.6 Å². The molecule has 124 valence electrons. The number of hydrogen-bond acceptors (Lipinski definition) is 2. The van der Waals surface area contributed by atoms with Crippen LogP contribution >= 0.6 is 11.6 Å². The number of rotatable bonds is 2. The highest BCUT2D eigenvalue weighted by Gasteiger charge is 2.25. The Balaban J connectivity index is 1.62. The van der Waals surface area contributed by atoms with E-state index in [9.17, 15) is 9.59 Å². The van der Waals surface area contributed by atoms with Crippen molar-refractivity contribution in [3.63, 3.8) is 0 Å². The lowest BCUT2D eigenvalue weighted by Crippen LogP contribution is -2.50. The van der Waals surface area contributed by atoms with Gasteiger partial charge in [0.2, 0.25) is 0 Å². The molecule has 0 spiro atoms. The number of amides is 2. The minimum atomic E-state index is -0.0191. The van der Waals surface area contributed by atoms with Crippen molar-refractivity contribution in [2.45, 2.75) is 6.92 Å². The quantitative estimate of drug-likeness (QED) is 0.840. The zero-order valence-corrected chi connectivity index (χ0v) is 14.3. The first-order valence-corrected chi connectivity index (χ1v) is 8.33. The molecule has 0 bridgehead atoms. The Kier molecular flexibility index (Phi) is 4.86. The lowest BCUT2D eigenvalue weighted by Gasteiger charge is -2.35. The van der Waals surface area contributed by atoms with Gasteiger partial charge in [0, 0.05) is 42.3 Å². The summed E-state index contributed by atoms with van der Waals surface area (Å²) in [6, 6.07) is 14.5. The second-order valence-electron chi connectivity index (χ2n) is 5.96. The van der Waals surface area contributed by atoms with Crippen LogP contribution in [0.15, 0.2) is 48.5 Å². The highest BCUT2D eigenvalue weighted by molar-refractivity contribution is 6.30. The molecule has 2 amide bonds. The predicted octanol–water partition coefficient (Wildman–Crippen LogP) is 3.25. The van der Waals surface area contributed by atoms with Crippen molar-refractivity contribution in [2.24, 2.45) is 0 Å². The van der Waals surface area contributed by atoms with Crippen LogP contribution in [0.2, 0.25) is 5.02 Å². The maximum Gasteiger partial charge on any atom is 0.253 e. The number of piperazine rings is 1. The van der Waals surface area contributed by atoms with Crippen LogP contribution in [0.25, 0.3) is 0 Å². The number of carbonyl (C=O) groups excluding carboxylic acids is 2. The smallest absolute Gasteiger partial charge is 0.253 e. The van der Waals surface area contributed by atoms with Gasteiger partial charge in [-0.05, 0) is 43.3 Å². The van der Waals surface area contributed by atoms with Gasteiger partial charge in [0.1, 0.15) is 0 Å². The van der Waals surface area contributed by atoms with E-state index in [0.29, 0.717) is 42.3 Å². The zero-order chi connectivity index (χ0) is 17.1. The Morgan fingerprint density at radius 2 is 1.38 bits per heavy atom. The van der Waals surface area contributed by atoms with E-state index >= 15 is 0 Å². The molecule has 1 aliphatic rings. The van der Waals surface area contributed by atoms with Gasteiger partial charge in [-0.25, -0.2) is 0 Å². The summed E-state index contributed by atoms with van der Waals surface area (Å²) in [5.41, 5.74) is 2.39. The summed E-state index contributed by atoms with van der Waals surface area (Å²) in [4.78, 5) is 28.6. The second kappa shape index (κ2) is 7.05. The molecule has 0 aliphatic carbocycles. The fraction of sp³-hybridized carbons (Fsp3) is 0.263. The molecule has 5 heteroatoms. The summed E-state index contributed by atoms with van der Waals surface area (Å²) < 4.78 is 0. The summed E-state index contributed by atoms with van der Waals surface area (Å²) >= 11 is 5.86. The molecule has 1 aliphatic heterocycles. The van der Waals surface area contributed by atoms with Gasteiger partial charge in [-0.3, -0.25) is 9.59 Å². The molecule has 0 N–H and O–H groups in total. The van der Waals surface area contributed by atoms with Crippen LogP contribution in [-0.2, 0) is 0 Å². The van der Waals surface area contributed by atoms with E-state index in [0.717, 1.165) is 5.56 Å². The Hall–Kier alpha value is -2.33.